The maximum absolute atomic E-state index is 11.6. The number of hydrogen-bond donors (Lipinski definition) is 1. The van der Waals surface area contributed by atoms with Crippen molar-refractivity contribution in [1.29, 1.82) is 0 Å². The molecule has 0 aliphatic rings. The fraction of sp³-hybridized carbons (Fsp3) is 0.133. The van der Waals surface area contributed by atoms with Crippen molar-refractivity contribution in [2.24, 2.45) is 0 Å². The lowest BCUT2D eigenvalue weighted by atomic mass is 10.2. The number of carbonyl (C=O) groups excluding carboxylic acids is 1. The van der Waals surface area contributed by atoms with Crippen molar-refractivity contribution in [2.45, 2.75) is 6.92 Å². The standard InChI is InChI=1S/C15H14N4O/c1-10-5-13(9-17-7-10)19-4-3-11-6-12(15(20)16-2)8-18-14(11)19/h3-9H,1-2H3,(H,16,20). The van der Waals surface area contributed by atoms with E-state index in [-0.39, 0.29) is 5.91 Å². The van der Waals surface area contributed by atoms with Crippen LogP contribution in [0.25, 0.3) is 16.7 Å². The molecule has 0 aromatic carbocycles. The Balaban J connectivity index is 2.13. The van der Waals surface area contributed by atoms with Crippen LogP contribution in [0.15, 0.2) is 43.0 Å². The number of pyridine rings is 2. The molecule has 1 amide bonds. The van der Waals surface area contributed by atoms with E-state index >= 15 is 0 Å². The molecule has 3 heterocycles. The zero-order valence-corrected chi connectivity index (χ0v) is 11.3. The summed E-state index contributed by atoms with van der Waals surface area (Å²) >= 11 is 0. The molecule has 0 fully saturated rings. The molecule has 3 aromatic rings. The predicted molar refractivity (Wildman–Crippen MR) is 77.0 cm³/mol. The summed E-state index contributed by atoms with van der Waals surface area (Å²) < 4.78 is 1.96. The third kappa shape index (κ3) is 2.03. The fourth-order valence-electron chi connectivity index (χ4n) is 2.17. The van der Waals surface area contributed by atoms with Crippen molar-refractivity contribution < 1.29 is 4.79 Å². The van der Waals surface area contributed by atoms with E-state index in [9.17, 15) is 4.79 Å². The quantitative estimate of drug-likeness (QED) is 0.772. The van der Waals surface area contributed by atoms with Crippen molar-refractivity contribution in [2.75, 3.05) is 7.05 Å². The van der Waals surface area contributed by atoms with Crippen LogP contribution in [0.4, 0.5) is 0 Å². The van der Waals surface area contributed by atoms with E-state index in [0.29, 0.717) is 5.56 Å². The summed E-state index contributed by atoms with van der Waals surface area (Å²) in [6, 6.07) is 5.82. The Hall–Kier alpha value is -2.69. The average Bonchev–Trinajstić information content (AvgIpc) is 2.89. The molecule has 0 bridgehead atoms. The van der Waals surface area contributed by atoms with Crippen LogP contribution in [-0.2, 0) is 0 Å². The summed E-state index contributed by atoms with van der Waals surface area (Å²) in [5.41, 5.74) is 3.41. The molecule has 5 heteroatoms. The third-order valence-electron chi connectivity index (χ3n) is 3.15. The van der Waals surface area contributed by atoms with Gasteiger partial charge in [0.2, 0.25) is 0 Å². The van der Waals surface area contributed by atoms with Gasteiger partial charge in [-0.3, -0.25) is 14.3 Å². The first-order valence-corrected chi connectivity index (χ1v) is 6.30. The van der Waals surface area contributed by atoms with Crippen LogP contribution in [0.2, 0.25) is 0 Å². The molecule has 0 radical (unpaired) electrons. The highest BCUT2D eigenvalue weighted by Gasteiger charge is 2.09. The SMILES string of the molecule is CNC(=O)c1cnc2c(ccn2-c2cncc(C)c2)c1. The second kappa shape index (κ2) is 4.77. The first kappa shape index (κ1) is 12.3. The van der Waals surface area contributed by atoms with Crippen LogP contribution < -0.4 is 5.32 Å². The summed E-state index contributed by atoms with van der Waals surface area (Å²) in [7, 11) is 1.61. The van der Waals surface area contributed by atoms with Crippen LogP contribution in [0.5, 0.6) is 0 Å². The second-order valence-electron chi connectivity index (χ2n) is 4.62. The summed E-state index contributed by atoms with van der Waals surface area (Å²) in [6.07, 6.45) is 7.12. The predicted octanol–water partition coefficient (Wildman–Crippen LogP) is 2.09. The minimum Gasteiger partial charge on any atom is -0.355 e. The van der Waals surface area contributed by atoms with Crippen LogP contribution >= 0.6 is 0 Å². The highest BCUT2D eigenvalue weighted by atomic mass is 16.1. The topological polar surface area (TPSA) is 59.8 Å². The summed E-state index contributed by atoms with van der Waals surface area (Å²) in [6.45, 7) is 2.00. The van der Waals surface area contributed by atoms with E-state index in [1.165, 1.54) is 0 Å². The van der Waals surface area contributed by atoms with Crippen molar-refractivity contribution >= 4 is 16.9 Å². The number of aromatic nitrogens is 3. The number of rotatable bonds is 2. The number of carbonyl (C=O) groups is 1. The van der Waals surface area contributed by atoms with Crippen LogP contribution in [0, 0.1) is 6.92 Å². The molecule has 0 saturated heterocycles. The Morgan fingerprint density at radius 3 is 2.85 bits per heavy atom. The maximum Gasteiger partial charge on any atom is 0.252 e. The van der Waals surface area contributed by atoms with Gasteiger partial charge in [0.25, 0.3) is 5.91 Å². The molecular weight excluding hydrogens is 252 g/mol. The van der Waals surface area contributed by atoms with Gasteiger partial charge >= 0.3 is 0 Å². The van der Waals surface area contributed by atoms with Crippen LogP contribution in [0.1, 0.15) is 15.9 Å². The molecule has 1 N–H and O–H groups in total. The van der Waals surface area contributed by atoms with Gasteiger partial charge in [-0.05, 0) is 30.7 Å². The smallest absolute Gasteiger partial charge is 0.252 e. The number of aryl methyl sites for hydroxylation is 1. The minimum atomic E-state index is -0.135. The second-order valence-corrected chi connectivity index (χ2v) is 4.62. The number of fused-ring (bicyclic) bond motifs is 1. The van der Waals surface area contributed by atoms with Gasteiger partial charge in [-0.2, -0.15) is 0 Å². The lowest BCUT2D eigenvalue weighted by molar-refractivity contribution is 0.0963. The highest BCUT2D eigenvalue weighted by Crippen LogP contribution is 2.19. The van der Waals surface area contributed by atoms with Crippen molar-refractivity contribution in [1.82, 2.24) is 19.9 Å². The third-order valence-corrected chi connectivity index (χ3v) is 3.15. The Morgan fingerprint density at radius 1 is 1.25 bits per heavy atom. The van der Waals surface area contributed by atoms with Gasteiger partial charge in [-0.25, -0.2) is 4.98 Å². The Labute approximate surface area is 116 Å². The van der Waals surface area contributed by atoms with Gasteiger partial charge in [-0.15, -0.1) is 0 Å². The van der Waals surface area contributed by atoms with Gasteiger partial charge < -0.3 is 5.32 Å². The van der Waals surface area contributed by atoms with Gasteiger partial charge in [-0.1, -0.05) is 0 Å². The number of nitrogens with one attached hydrogen (secondary N) is 1. The van der Waals surface area contributed by atoms with E-state index < -0.39 is 0 Å². The molecule has 0 saturated carbocycles. The highest BCUT2D eigenvalue weighted by molar-refractivity contribution is 5.96. The average molecular weight is 266 g/mol. The zero-order valence-electron chi connectivity index (χ0n) is 11.3. The van der Waals surface area contributed by atoms with Crippen LogP contribution in [0.3, 0.4) is 0 Å². The Bertz CT molecular complexity index is 791. The molecule has 0 unspecified atom stereocenters. The fourth-order valence-corrected chi connectivity index (χ4v) is 2.17. The van der Waals surface area contributed by atoms with Gasteiger partial charge in [0.05, 0.1) is 17.4 Å². The normalized spacial score (nSPS) is 10.7. The molecule has 0 atom stereocenters. The Morgan fingerprint density at radius 2 is 2.10 bits per heavy atom. The monoisotopic (exact) mass is 266 g/mol. The molecular formula is C15H14N4O. The van der Waals surface area contributed by atoms with E-state index in [1.807, 2.05) is 42.1 Å². The summed E-state index contributed by atoms with van der Waals surface area (Å²) in [5, 5.41) is 3.52. The number of nitrogens with zero attached hydrogens (tertiary/aromatic N) is 3. The van der Waals surface area contributed by atoms with Gasteiger partial charge in [0, 0.05) is 31.0 Å². The van der Waals surface area contributed by atoms with Gasteiger partial charge in [0.1, 0.15) is 5.65 Å². The van der Waals surface area contributed by atoms with Crippen LogP contribution in [-0.4, -0.2) is 27.5 Å². The molecule has 3 rings (SSSR count). The van der Waals surface area contributed by atoms with Crippen molar-refractivity contribution in [3.63, 3.8) is 0 Å². The molecule has 3 aromatic heterocycles. The van der Waals surface area contributed by atoms with E-state index in [2.05, 4.69) is 15.3 Å². The van der Waals surface area contributed by atoms with Gasteiger partial charge in [0.15, 0.2) is 0 Å². The lowest BCUT2D eigenvalue weighted by Gasteiger charge is -2.05. The van der Waals surface area contributed by atoms with E-state index in [4.69, 9.17) is 0 Å². The van der Waals surface area contributed by atoms with E-state index in [1.54, 1.807) is 19.4 Å². The molecule has 100 valence electrons. The Kier molecular flexibility index (Phi) is 2.95. The summed E-state index contributed by atoms with van der Waals surface area (Å²) in [4.78, 5) is 20.2. The number of amides is 1. The minimum absolute atomic E-state index is 0.135. The van der Waals surface area contributed by atoms with Crippen molar-refractivity contribution in [3.05, 3.63) is 54.1 Å². The molecule has 5 nitrogen and oxygen atoms in total. The van der Waals surface area contributed by atoms with E-state index in [0.717, 1.165) is 22.3 Å². The van der Waals surface area contributed by atoms with Crippen molar-refractivity contribution in [3.8, 4) is 5.69 Å². The number of hydrogen-bond acceptors (Lipinski definition) is 3. The summed E-state index contributed by atoms with van der Waals surface area (Å²) in [5.74, 6) is -0.135. The molecule has 0 aliphatic heterocycles. The molecule has 0 spiro atoms. The largest absolute Gasteiger partial charge is 0.355 e. The zero-order chi connectivity index (χ0) is 14.1. The first-order chi connectivity index (χ1) is 9.69. The molecule has 20 heavy (non-hydrogen) atoms. The first-order valence-electron chi connectivity index (χ1n) is 6.30. The maximum atomic E-state index is 11.6. The molecule has 0 aliphatic carbocycles. The lowest BCUT2D eigenvalue weighted by Crippen LogP contribution is -2.17.